The highest BCUT2D eigenvalue weighted by Gasteiger charge is 2.07. The van der Waals surface area contributed by atoms with Crippen LogP contribution in [0.2, 0.25) is 0 Å². The van der Waals surface area contributed by atoms with Crippen molar-refractivity contribution in [1.82, 2.24) is 15.0 Å². The Bertz CT molecular complexity index is 825. The van der Waals surface area contributed by atoms with Crippen LogP contribution in [0.4, 0.5) is 0 Å². The van der Waals surface area contributed by atoms with Crippen LogP contribution in [0.3, 0.4) is 0 Å². The van der Waals surface area contributed by atoms with Crippen molar-refractivity contribution in [1.29, 1.82) is 5.26 Å². The number of rotatable bonds is 2. The van der Waals surface area contributed by atoms with Crippen molar-refractivity contribution in [3.63, 3.8) is 0 Å². The SMILES string of the molecule is N#C/C(=C\c1ccc(Br)cc1)n1nnc2ccccc21. The Balaban J connectivity index is 2.10. The lowest BCUT2D eigenvalue weighted by Gasteiger charge is -2.00. The predicted molar refractivity (Wildman–Crippen MR) is 81.5 cm³/mol. The number of allylic oxidation sites excluding steroid dienone is 1. The number of fused-ring (bicyclic) bond motifs is 1. The van der Waals surface area contributed by atoms with Crippen molar-refractivity contribution < 1.29 is 0 Å². The minimum absolute atomic E-state index is 0.432. The molecule has 0 saturated carbocycles. The minimum Gasteiger partial charge on any atom is -0.202 e. The van der Waals surface area contributed by atoms with Crippen LogP contribution in [0.15, 0.2) is 53.0 Å². The molecule has 1 aromatic heterocycles. The van der Waals surface area contributed by atoms with Crippen molar-refractivity contribution >= 4 is 38.7 Å². The van der Waals surface area contributed by atoms with Gasteiger partial charge in [0.25, 0.3) is 0 Å². The number of benzene rings is 2. The van der Waals surface area contributed by atoms with Crippen LogP contribution < -0.4 is 0 Å². The largest absolute Gasteiger partial charge is 0.202 e. The van der Waals surface area contributed by atoms with Crippen molar-refractivity contribution in [2.45, 2.75) is 0 Å². The molecule has 0 bridgehead atoms. The van der Waals surface area contributed by atoms with E-state index < -0.39 is 0 Å². The Morgan fingerprint density at radius 1 is 1.15 bits per heavy atom. The second-order valence-electron chi connectivity index (χ2n) is 4.18. The maximum Gasteiger partial charge on any atom is 0.145 e. The lowest BCUT2D eigenvalue weighted by Crippen LogP contribution is -1.97. The zero-order chi connectivity index (χ0) is 13.9. The standard InChI is InChI=1S/C15H9BrN4/c16-12-7-5-11(6-8-12)9-13(10-17)20-15-4-2-1-3-14(15)18-19-20/h1-9H/b13-9+. The predicted octanol–water partition coefficient (Wildman–Crippen LogP) is 3.72. The van der Waals surface area contributed by atoms with Gasteiger partial charge in [0.15, 0.2) is 0 Å². The molecule has 1 heterocycles. The van der Waals surface area contributed by atoms with Gasteiger partial charge in [0.2, 0.25) is 0 Å². The quantitative estimate of drug-likeness (QED) is 0.675. The van der Waals surface area contributed by atoms with Gasteiger partial charge in [-0.1, -0.05) is 45.4 Å². The van der Waals surface area contributed by atoms with Crippen molar-refractivity contribution in [2.75, 3.05) is 0 Å². The van der Waals surface area contributed by atoms with Gasteiger partial charge in [0, 0.05) is 4.47 Å². The van der Waals surface area contributed by atoms with E-state index in [4.69, 9.17) is 0 Å². The first-order valence-corrected chi connectivity index (χ1v) is 6.75. The van der Waals surface area contributed by atoms with E-state index in [0.29, 0.717) is 5.70 Å². The van der Waals surface area contributed by atoms with E-state index in [2.05, 4.69) is 32.3 Å². The molecule has 0 radical (unpaired) electrons. The Morgan fingerprint density at radius 2 is 1.90 bits per heavy atom. The monoisotopic (exact) mass is 324 g/mol. The molecule has 0 aliphatic heterocycles. The van der Waals surface area contributed by atoms with Crippen LogP contribution >= 0.6 is 15.9 Å². The second-order valence-corrected chi connectivity index (χ2v) is 5.10. The summed E-state index contributed by atoms with van der Waals surface area (Å²) in [7, 11) is 0. The lowest BCUT2D eigenvalue weighted by atomic mass is 10.2. The number of hydrogen-bond donors (Lipinski definition) is 0. The van der Waals surface area contributed by atoms with Crippen LogP contribution in [0, 0.1) is 11.3 Å². The molecule has 3 rings (SSSR count). The summed E-state index contributed by atoms with van der Waals surface area (Å²) in [5.41, 5.74) is 2.95. The molecule has 0 spiro atoms. The Kier molecular flexibility index (Phi) is 3.32. The average Bonchev–Trinajstić information content (AvgIpc) is 2.91. The smallest absolute Gasteiger partial charge is 0.145 e. The zero-order valence-electron chi connectivity index (χ0n) is 10.4. The molecule has 0 amide bonds. The fourth-order valence-corrected chi connectivity index (χ4v) is 2.17. The van der Waals surface area contributed by atoms with Crippen LogP contribution in [-0.4, -0.2) is 15.0 Å². The lowest BCUT2D eigenvalue weighted by molar-refractivity contribution is 0.848. The van der Waals surface area contributed by atoms with E-state index in [0.717, 1.165) is 21.1 Å². The fraction of sp³-hybridized carbons (Fsp3) is 0. The first kappa shape index (κ1) is 12.6. The molecule has 4 nitrogen and oxygen atoms in total. The minimum atomic E-state index is 0.432. The molecule has 0 aliphatic carbocycles. The number of halogens is 1. The third kappa shape index (κ3) is 2.33. The molecule has 2 aromatic carbocycles. The normalized spacial score (nSPS) is 11.5. The Labute approximate surface area is 124 Å². The van der Waals surface area contributed by atoms with E-state index in [9.17, 15) is 5.26 Å². The number of nitrogens with zero attached hydrogens (tertiary/aromatic N) is 4. The molecule has 0 unspecified atom stereocenters. The summed E-state index contributed by atoms with van der Waals surface area (Å²) in [5.74, 6) is 0. The van der Waals surface area contributed by atoms with Crippen LogP contribution in [0.5, 0.6) is 0 Å². The summed E-state index contributed by atoms with van der Waals surface area (Å²) in [4.78, 5) is 0. The van der Waals surface area contributed by atoms with Crippen LogP contribution in [0.1, 0.15) is 5.56 Å². The first-order chi connectivity index (χ1) is 9.78. The number of nitriles is 1. The van der Waals surface area contributed by atoms with Gasteiger partial charge in [-0.25, -0.2) is 4.68 Å². The van der Waals surface area contributed by atoms with Crippen molar-refractivity contribution in [3.8, 4) is 6.07 Å². The van der Waals surface area contributed by atoms with Crippen molar-refractivity contribution in [2.24, 2.45) is 0 Å². The molecule has 20 heavy (non-hydrogen) atoms. The van der Waals surface area contributed by atoms with E-state index in [1.165, 1.54) is 0 Å². The molecule has 0 saturated heterocycles. The Hall–Kier alpha value is -2.45. The summed E-state index contributed by atoms with van der Waals surface area (Å²) in [5, 5.41) is 17.5. The van der Waals surface area contributed by atoms with Gasteiger partial charge in [-0.2, -0.15) is 5.26 Å². The molecule has 0 atom stereocenters. The van der Waals surface area contributed by atoms with Gasteiger partial charge in [-0.05, 0) is 35.9 Å². The number of aromatic nitrogens is 3. The maximum absolute atomic E-state index is 9.36. The second kappa shape index (κ2) is 5.27. The van der Waals surface area contributed by atoms with Gasteiger partial charge in [-0.3, -0.25) is 0 Å². The van der Waals surface area contributed by atoms with Crippen molar-refractivity contribution in [3.05, 3.63) is 58.6 Å². The third-order valence-corrected chi connectivity index (χ3v) is 3.40. The van der Waals surface area contributed by atoms with Gasteiger partial charge < -0.3 is 0 Å². The highest BCUT2D eigenvalue weighted by molar-refractivity contribution is 9.10. The molecular weight excluding hydrogens is 316 g/mol. The molecule has 0 aliphatic rings. The number of para-hydroxylation sites is 1. The maximum atomic E-state index is 9.36. The van der Waals surface area contributed by atoms with Gasteiger partial charge in [0.1, 0.15) is 17.3 Å². The van der Waals surface area contributed by atoms with Gasteiger partial charge in [0.05, 0.1) is 5.52 Å². The van der Waals surface area contributed by atoms with Crippen LogP contribution in [0.25, 0.3) is 22.8 Å². The number of hydrogen-bond acceptors (Lipinski definition) is 3. The molecule has 3 aromatic rings. The highest BCUT2D eigenvalue weighted by atomic mass is 79.9. The summed E-state index contributed by atoms with van der Waals surface area (Å²) < 4.78 is 2.55. The molecule has 96 valence electrons. The van der Waals surface area contributed by atoms with E-state index >= 15 is 0 Å². The molecular formula is C15H9BrN4. The van der Waals surface area contributed by atoms with Gasteiger partial charge >= 0.3 is 0 Å². The zero-order valence-corrected chi connectivity index (χ0v) is 11.9. The molecule has 0 N–H and O–H groups in total. The summed E-state index contributed by atoms with van der Waals surface area (Å²) in [6.45, 7) is 0. The summed E-state index contributed by atoms with van der Waals surface area (Å²) in [6.07, 6.45) is 1.79. The topological polar surface area (TPSA) is 54.5 Å². The van der Waals surface area contributed by atoms with Gasteiger partial charge in [-0.15, -0.1) is 5.10 Å². The summed E-state index contributed by atoms with van der Waals surface area (Å²) in [6, 6.07) is 17.4. The Morgan fingerprint density at radius 3 is 2.65 bits per heavy atom. The van der Waals surface area contributed by atoms with E-state index in [1.807, 2.05) is 48.5 Å². The van der Waals surface area contributed by atoms with Crippen LogP contribution in [-0.2, 0) is 0 Å². The highest BCUT2D eigenvalue weighted by Crippen LogP contribution is 2.18. The molecule has 0 fully saturated rings. The van der Waals surface area contributed by atoms with E-state index in [-0.39, 0.29) is 0 Å². The summed E-state index contributed by atoms with van der Waals surface area (Å²) >= 11 is 3.39. The first-order valence-electron chi connectivity index (χ1n) is 5.96. The van der Waals surface area contributed by atoms with E-state index in [1.54, 1.807) is 10.8 Å². The third-order valence-electron chi connectivity index (χ3n) is 2.87. The fourth-order valence-electron chi connectivity index (χ4n) is 1.90. The molecule has 5 heteroatoms. The average molecular weight is 325 g/mol.